The quantitative estimate of drug-likeness (QED) is 0.0494. The first-order chi connectivity index (χ1) is 24.6. The smallest absolute Gasteiger partial charge is 0.490 e. The molecule has 1 unspecified atom stereocenters. The van der Waals surface area contributed by atoms with Crippen LogP contribution in [0.15, 0.2) is 66.9 Å². The molecule has 0 saturated heterocycles. The molecule has 0 bridgehead atoms. The second-order valence-corrected chi connectivity index (χ2v) is 11.3. The summed E-state index contributed by atoms with van der Waals surface area (Å²) in [6.45, 7) is 6.39. The Morgan fingerprint density at radius 3 is 1.96 bits per heavy atom. The lowest BCUT2D eigenvalue weighted by molar-refractivity contribution is -0.193. The van der Waals surface area contributed by atoms with Crippen molar-refractivity contribution in [2.45, 2.75) is 45.6 Å². The molecule has 9 N–H and O–H groups in total. The summed E-state index contributed by atoms with van der Waals surface area (Å²) in [6, 6.07) is 16.7. The third kappa shape index (κ3) is 12.8. The van der Waals surface area contributed by atoms with Crippen LogP contribution in [0.3, 0.4) is 0 Å². The SMILES string of the molecule is CCc1cc(OCC(C)C)c(F)c(C(Nc2ccc(C(=N)N)cc2)c2ncc(-c3ccccc3C(N)=O)[nH]2)c1.O=C(O)C(F)(F)F.O=C(O)C(F)(F)F. The molecule has 0 aliphatic rings. The van der Waals surface area contributed by atoms with Crippen molar-refractivity contribution in [3.63, 3.8) is 0 Å². The number of hydrogen-bond acceptors (Lipinski definition) is 7. The third-order valence-electron chi connectivity index (χ3n) is 6.76. The van der Waals surface area contributed by atoms with E-state index in [1.165, 1.54) is 0 Å². The summed E-state index contributed by atoms with van der Waals surface area (Å²) >= 11 is 0. The number of benzene rings is 3. The van der Waals surface area contributed by atoms with Crippen LogP contribution in [-0.2, 0) is 16.0 Å². The van der Waals surface area contributed by atoms with Crippen molar-refractivity contribution in [1.82, 2.24) is 9.97 Å². The number of anilines is 1. The van der Waals surface area contributed by atoms with E-state index in [2.05, 4.69) is 15.3 Å². The number of primary amides is 1. The number of halogens is 7. The van der Waals surface area contributed by atoms with Gasteiger partial charge in [-0.25, -0.2) is 19.0 Å². The predicted octanol–water partition coefficient (Wildman–Crippen LogP) is 6.66. The molecule has 4 aromatic rings. The van der Waals surface area contributed by atoms with Crippen LogP contribution < -0.4 is 21.5 Å². The van der Waals surface area contributed by atoms with Crippen LogP contribution in [0, 0.1) is 17.1 Å². The maximum absolute atomic E-state index is 16.0. The molecule has 1 atom stereocenters. The molecule has 53 heavy (non-hydrogen) atoms. The van der Waals surface area contributed by atoms with Crippen molar-refractivity contribution >= 4 is 29.4 Å². The number of nitrogens with two attached hydrogens (primary N) is 2. The molecular weight excluding hydrogens is 721 g/mol. The highest BCUT2D eigenvalue weighted by atomic mass is 19.4. The minimum Gasteiger partial charge on any atom is -0.490 e. The zero-order valence-electron chi connectivity index (χ0n) is 28.2. The number of amidine groups is 1. The molecule has 0 aliphatic heterocycles. The van der Waals surface area contributed by atoms with Gasteiger partial charge in [-0.05, 0) is 54.3 Å². The van der Waals surface area contributed by atoms with Crippen LogP contribution in [0.5, 0.6) is 5.75 Å². The Kier molecular flexibility index (Phi) is 14.9. The number of aromatic amines is 1. The van der Waals surface area contributed by atoms with Crippen LogP contribution >= 0.6 is 0 Å². The molecule has 1 amide bonds. The van der Waals surface area contributed by atoms with E-state index in [-0.39, 0.29) is 17.5 Å². The summed E-state index contributed by atoms with van der Waals surface area (Å²) in [4.78, 5) is 37.7. The number of aryl methyl sites for hydroxylation is 1. The second kappa shape index (κ2) is 18.4. The number of aromatic nitrogens is 2. The van der Waals surface area contributed by atoms with Gasteiger partial charge >= 0.3 is 24.3 Å². The fourth-order valence-electron chi connectivity index (χ4n) is 4.21. The van der Waals surface area contributed by atoms with Gasteiger partial charge in [-0.1, -0.05) is 45.0 Å². The van der Waals surface area contributed by atoms with Gasteiger partial charge in [-0.2, -0.15) is 26.3 Å². The number of carbonyl (C=O) groups excluding carboxylic acids is 1. The van der Waals surface area contributed by atoms with Crippen LogP contribution in [0.4, 0.5) is 36.4 Å². The third-order valence-corrected chi connectivity index (χ3v) is 6.76. The summed E-state index contributed by atoms with van der Waals surface area (Å²) < 4.78 is 85.4. The van der Waals surface area contributed by atoms with Crippen LogP contribution in [-0.4, -0.2) is 62.8 Å². The van der Waals surface area contributed by atoms with Gasteiger partial charge < -0.3 is 36.7 Å². The number of hydrogen-bond donors (Lipinski definition) is 7. The molecule has 12 nitrogen and oxygen atoms in total. The van der Waals surface area contributed by atoms with Gasteiger partial charge in [0.05, 0.1) is 18.5 Å². The summed E-state index contributed by atoms with van der Waals surface area (Å²) in [5.41, 5.74) is 15.2. The molecule has 0 fully saturated rings. The van der Waals surface area contributed by atoms with Crippen molar-refractivity contribution < 1.29 is 60.1 Å². The maximum atomic E-state index is 16.0. The summed E-state index contributed by atoms with van der Waals surface area (Å²) in [5, 5.41) is 25.3. The minimum atomic E-state index is -5.08. The van der Waals surface area contributed by atoms with Crippen molar-refractivity contribution in [1.29, 1.82) is 5.41 Å². The van der Waals surface area contributed by atoms with E-state index >= 15 is 4.39 Å². The molecule has 0 aliphatic carbocycles. The number of aliphatic carboxylic acids is 2. The Hall–Kier alpha value is -6.14. The summed E-state index contributed by atoms with van der Waals surface area (Å²) in [7, 11) is 0. The topological polar surface area (TPSA) is 217 Å². The lowest BCUT2D eigenvalue weighted by Gasteiger charge is -2.22. The minimum absolute atomic E-state index is 0.0458. The highest BCUT2D eigenvalue weighted by molar-refractivity contribution is 5.99. The Labute approximate surface area is 297 Å². The number of carboxylic acids is 2. The number of nitrogens with zero attached hydrogens (tertiary/aromatic N) is 1. The van der Waals surface area contributed by atoms with Crippen molar-refractivity contribution in [2.24, 2.45) is 17.4 Å². The number of carbonyl (C=O) groups is 3. The van der Waals surface area contributed by atoms with Crippen LogP contribution in [0.25, 0.3) is 11.3 Å². The second-order valence-electron chi connectivity index (χ2n) is 11.3. The molecule has 4 rings (SSSR count). The number of imidazole rings is 1. The normalized spacial score (nSPS) is 11.7. The molecule has 19 heteroatoms. The van der Waals surface area contributed by atoms with E-state index in [1.807, 2.05) is 20.8 Å². The largest absolute Gasteiger partial charge is 0.490 e. The van der Waals surface area contributed by atoms with Gasteiger partial charge in [0.1, 0.15) is 17.7 Å². The highest BCUT2D eigenvalue weighted by Crippen LogP contribution is 2.34. The van der Waals surface area contributed by atoms with E-state index in [0.717, 1.165) is 5.56 Å². The number of carboxylic acid groups (broad SMARTS) is 2. The Morgan fingerprint density at radius 1 is 0.943 bits per heavy atom. The zero-order chi connectivity index (χ0) is 40.3. The fraction of sp³-hybridized carbons (Fsp3) is 0.265. The number of nitrogens with one attached hydrogen (secondary N) is 3. The molecule has 1 heterocycles. The first-order valence-electron chi connectivity index (χ1n) is 15.3. The molecule has 286 valence electrons. The molecule has 0 saturated carbocycles. The molecule has 3 aromatic carbocycles. The number of ether oxygens (including phenoxy) is 1. The Balaban J connectivity index is 0.000000587. The van der Waals surface area contributed by atoms with Crippen LogP contribution in [0.1, 0.15) is 59.7 Å². The van der Waals surface area contributed by atoms with Gasteiger partial charge in [0.25, 0.3) is 0 Å². The van der Waals surface area contributed by atoms with Crippen molar-refractivity contribution in [3.05, 3.63) is 101 Å². The summed E-state index contributed by atoms with van der Waals surface area (Å²) in [6.07, 6.45) is -7.89. The molecular formula is C34H35F7N6O6. The lowest BCUT2D eigenvalue weighted by Crippen LogP contribution is -2.21. The van der Waals surface area contributed by atoms with Crippen LogP contribution in [0.2, 0.25) is 0 Å². The molecule has 0 spiro atoms. The maximum Gasteiger partial charge on any atom is 0.490 e. The highest BCUT2D eigenvalue weighted by Gasteiger charge is 2.39. The van der Waals surface area contributed by atoms with Gasteiger partial charge in [0, 0.05) is 27.9 Å². The van der Waals surface area contributed by atoms with E-state index in [0.29, 0.717) is 52.5 Å². The summed E-state index contributed by atoms with van der Waals surface area (Å²) in [5.74, 6) is -5.76. The van der Waals surface area contributed by atoms with Gasteiger partial charge in [0.2, 0.25) is 5.91 Å². The number of amides is 1. The van der Waals surface area contributed by atoms with E-state index in [4.69, 9.17) is 41.4 Å². The van der Waals surface area contributed by atoms with E-state index in [1.54, 1.807) is 66.9 Å². The van der Waals surface area contributed by atoms with E-state index in [9.17, 15) is 31.1 Å². The Bertz CT molecular complexity index is 1870. The number of rotatable bonds is 11. The standard InChI is InChI=1S/C30H33FN6O2.2C2HF3O2/c1-4-18-13-23(26(31)25(14-18)39-16-17(2)3)27(36-20-11-9-19(10-12-20)28(32)33)30-35-15-24(37-30)21-7-5-6-8-22(21)29(34)38;2*3-2(4,5)1(6)7/h5-15,17,27,36H,4,16H2,1-3H3,(H3,32,33)(H2,34,38)(H,35,37);2*(H,6,7). The predicted molar refractivity (Wildman–Crippen MR) is 179 cm³/mol. The number of H-pyrrole nitrogens is 1. The first kappa shape index (κ1) is 43.0. The average molecular weight is 757 g/mol. The number of alkyl halides is 6. The number of nitrogen functional groups attached to an aromatic ring is 1. The first-order valence-corrected chi connectivity index (χ1v) is 15.3. The Morgan fingerprint density at radius 2 is 1.49 bits per heavy atom. The zero-order valence-corrected chi connectivity index (χ0v) is 28.2. The van der Waals surface area contributed by atoms with Gasteiger partial charge in [-0.15, -0.1) is 0 Å². The fourth-order valence-corrected chi connectivity index (χ4v) is 4.21. The molecule has 1 aromatic heterocycles. The monoisotopic (exact) mass is 756 g/mol. The van der Waals surface area contributed by atoms with Gasteiger partial charge in [0.15, 0.2) is 11.6 Å². The average Bonchev–Trinajstić information content (AvgIpc) is 3.57. The van der Waals surface area contributed by atoms with E-state index < -0.39 is 42.1 Å². The molecule has 0 radical (unpaired) electrons. The van der Waals surface area contributed by atoms with Crippen molar-refractivity contribution in [2.75, 3.05) is 11.9 Å². The van der Waals surface area contributed by atoms with Gasteiger partial charge in [-0.3, -0.25) is 10.2 Å². The lowest BCUT2D eigenvalue weighted by atomic mass is 9.99. The van der Waals surface area contributed by atoms with Crippen molar-refractivity contribution in [3.8, 4) is 17.0 Å².